The van der Waals surface area contributed by atoms with Crippen molar-refractivity contribution in [3.63, 3.8) is 0 Å². The lowest BCUT2D eigenvalue weighted by Gasteiger charge is -2.22. The van der Waals surface area contributed by atoms with Crippen molar-refractivity contribution in [2.75, 3.05) is 6.54 Å². The molecule has 1 aromatic rings. The third-order valence-corrected chi connectivity index (χ3v) is 2.63. The average molecular weight is 299 g/mol. The summed E-state index contributed by atoms with van der Waals surface area (Å²) in [5, 5.41) is 4.22. The van der Waals surface area contributed by atoms with Gasteiger partial charge in [-0.25, -0.2) is 0 Å². The highest BCUT2D eigenvalue weighted by Crippen LogP contribution is 2.27. The second-order valence-corrected chi connectivity index (χ2v) is 5.60. The third-order valence-electron chi connectivity index (χ3n) is 1.92. The van der Waals surface area contributed by atoms with Gasteiger partial charge in [-0.15, -0.1) is 0 Å². The highest BCUT2D eigenvalue weighted by atomic mass is 35.6. The van der Waals surface area contributed by atoms with Crippen LogP contribution in [-0.2, 0) is 0 Å². The maximum Gasteiger partial charge on any atom is 0.291 e. The first kappa shape index (κ1) is 14.4. The summed E-state index contributed by atoms with van der Waals surface area (Å²) < 4.78 is 3.32. The molecule has 1 amide bonds. The van der Waals surface area contributed by atoms with Crippen LogP contribution in [0, 0.1) is 0 Å². The van der Waals surface area contributed by atoms with Gasteiger partial charge in [-0.2, -0.15) is 0 Å². The van der Waals surface area contributed by atoms with E-state index < -0.39 is 15.9 Å². The molecule has 1 heterocycles. The van der Waals surface area contributed by atoms with E-state index in [9.17, 15) is 4.79 Å². The zero-order chi connectivity index (χ0) is 12.9. The number of hydrogen-bond acceptors (Lipinski definition) is 2. The van der Waals surface area contributed by atoms with E-state index in [4.69, 9.17) is 39.2 Å². The van der Waals surface area contributed by atoms with Crippen LogP contribution in [0.5, 0.6) is 0 Å². The van der Waals surface area contributed by atoms with Crippen LogP contribution in [0.2, 0.25) is 0 Å². The van der Waals surface area contributed by atoms with Gasteiger partial charge in [0.2, 0.25) is 6.17 Å². The second kappa shape index (κ2) is 6.31. The van der Waals surface area contributed by atoms with Crippen LogP contribution in [0.15, 0.2) is 35.5 Å². The molecule has 0 radical (unpaired) electrons. The maximum absolute atomic E-state index is 11.7. The molecule has 0 saturated carbocycles. The molecule has 0 aromatic carbocycles. The molecule has 7 heteroatoms. The minimum atomic E-state index is -1.62. The number of hydrogen-bond donors (Lipinski definition) is 2. The summed E-state index contributed by atoms with van der Waals surface area (Å²) in [6.07, 6.45) is 2.32. The zero-order valence-corrected chi connectivity index (χ0v) is 11.1. The Kier molecular flexibility index (Phi) is 5.33. The second-order valence-electron chi connectivity index (χ2n) is 3.23. The van der Waals surface area contributed by atoms with E-state index in [0.717, 1.165) is 0 Å². The van der Waals surface area contributed by atoms with Gasteiger partial charge in [0.05, 0.1) is 12.8 Å². The SMILES string of the molecule is C=CC[NH2+][C@@H](NC(=O)c1ccco1)C(Cl)(Cl)Cl. The number of amides is 1. The topological polar surface area (TPSA) is 58.9 Å². The molecule has 0 aliphatic heterocycles. The highest BCUT2D eigenvalue weighted by molar-refractivity contribution is 6.68. The van der Waals surface area contributed by atoms with Gasteiger partial charge in [0.25, 0.3) is 9.70 Å². The molecule has 0 saturated heterocycles. The molecule has 0 aliphatic carbocycles. The van der Waals surface area contributed by atoms with Crippen LogP contribution in [0.4, 0.5) is 0 Å². The van der Waals surface area contributed by atoms with E-state index in [1.807, 2.05) is 0 Å². The fourth-order valence-electron chi connectivity index (χ4n) is 1.13. The molecule has 4 nitrogen and oxygen atoms in total. The molecule has 0 spiro atoms. The number of rotatable bonds is 5. The molecule has 1 atom stereocenters. The van der Waals surface area contributed by atoms with Gasteiger partial charge in [-0.1, -0.05) is 41.4 Å². The number of alkyl halides is 3. The summed E-state index contributed by atoms with van der Waals surface area (Å²) in [6.45, 7) is 4.06. The Morgan fingerprint density at radius 2 is 2.35 bits per heavy atom. The fraction of sp³-hybridized carbons (Fsp3) is 0.300. The van der Waals surface area contributed by atoms with Crippen molar-refractivity contribution < 1.29 is 14.5 Å². The average Bonchev–Trinajstić information content (AvgIpc) is 2.75. The summed E-state index contributed by atoms with van der Waals surface area (Å²) in [7, 11) is 0. The van der Waals surface area contributed by atoms with Crippen molar-refractivity contribution in [2.45, 2.75) is 9.96 Å². The van der Waals surface area contributed by atoms with Gasteiger partial charge in [-0.3, -0.25) is 10.1 Å². The predicted molar refractivity (Wildman–Crippen MR) is 67.2 cm³/mol. The van der Waals surface area contributed by atoms with Gasteiger partial charge < -0.3 is 9.73 Å². The lowest BCUT2D eigenvalue weighted by molar-refractivity contribution is -0.683. The van der Waals surface area contributed by atoms with Crippen molar-refractivity contribution >= 4 is 40.7 Å². The number of halogens is 3. The van der Waals surface area contributed by atoms with Crippen LogP contribution in [0.3, 0.4) is 0 Å². The summed E-state index contributed by atoms with van der Waals surface area (Å²) >= 11 is 17.3. The van der Waals surface area contributed by atoms with Gasteiger partial charge in [0, 0.05) is 0 Å². The van der Waals surface area contributed by atoms with Crippen molar-refractivity contribution in [1.82, 2.24) is 5.32 Å². The number of carbonyl (C=O) groups is 1. The molecule has 0 aliphatic rings. The largest absolute Gasteiger partial charge is 0.459 e. The molecule has 0 bridgehead atoms. The number of nitrogens with one attached hydrogen (secondary N) is 1. The Bertz CT molecular complexity index is 373. The van der Waals surface area contributed by atoms with Gasteiger partial charge >= 0.3 is 0 Å². The molecule has 1 rings (SSSR count). The lowest BCUT2D eigenvalue weighted by atomic mass is 10.4. The molecular weight excluding hydrogens is 286 g/mol. The van der Waals surface area contributed by atoms with Crippen molar-refractivity contribution in [1.29, 1.82) is 0 Å². The van der Waals surface area contributed by atoms with Crippen LogP contribution in [0.25, 0.3) is 0 Å². The van der Waals surface area contributed by atoms with Crippen LogP contribution in [0.1, 0.15) is 10.6 Å². The highest BCUT2D eigenvalue weighted by Gasteiger charge is 2.37. The number of carbonyl (C=O) groups excluding carboxylic acids is 1. The van der Waals surface area contributed by atoms with E-state index in [1.54, 1.807) is 17.5 Å². The summed E-state index contributed by atoms with van der Waals surface area (Å²) in [5.41, 5.74) is 0. The Balaban J connectivity index is 2.66. The molecule has 0 unspecified atom stereocenters. The number of nitrogens with two attached hydrogens (primary N) is 1. The summed E-state index contributed by atoms with van der Waals surface area (Å²) in [5.74, 6) is -0.275. The first-order valence-corrected chi connectivity index (χ1v) is 5.94. The first-order valence-electron chi connectivity index (χ1n) is 4.80. The Hall–Kier alpha value is -0.680. The van der Waals surface area contributed by atoms with E-state index in [0.29, 0.717) is 6.54 Å². The van der Waals surface area contributed by atoms with E-state index >= 15 is 0 Å². The van der Waals surface area contributed by atoms with Gasteiger partial charge in [0.15, 0.2) is 5.76 Å². The molecule has 0 fully saturated rings. The van der Waals surface area contributed by atoms with Crippen LogP contribution in [-0.4, -0.2) is 22.4 Å². The van der Waals surface area contributed by atoms with Crippen molar-refractivity contribution in [3.8, 4) is 0 Å². The van der Waals surface area contributed by atoms with Crippen LogP contribution < -0.4 is 10.6 Å². The predicted octanol–water partition coefficient (Wildman–Crippen LogP) is 1.46. The Morgan fingerprint density at radius 1 is 1.65 bits per heavy atom. The molecular formula is C10H12Cl3N2O2+. The first-order chi connectivity index (χ1) is 7.95. The summed E-state index contributed by atoms with van der Waals surface area (Å²) in [6, 6.07) is 3.13. The van der Waals surface area contributed by atoms with Crippen molar-refractivity contribution in [3.05, 3.63) is 36.8 Å². The minimum absolute atomic E-state index is 0.163. The van der Waals surface area contributed by atoms with E-state index in [-0.39, 0.29) is 5.76 Å². The minimum Gasteiger partial charge on any atom is -0.459 e. The van der Waals surface area contributed by atoms with Crippen LogP contribution >= 0.6 is 34.8 Å². The number of furan rings is 1. The zero-order valence-electron chi connectivity index (χ0n) is 8.83. The van der Waals surface area contributed by atoms with E-state index in [2.05, 4.69) is 11.9 Å². The Labute approximate surface area is 114 Å². The van der Waals surface area contributed by atoms with Gasteiger partial charge in [-0.05, 0) is 18.2 Å². The van der Waals surface area contributed by atoms with Crippen molar-refractivity contribution in [2.24, 2.45) is 0 Å². The fourth-order valence-corrected chi connectivity index (χ4v) is 1.56. The normalized spacial score (nSPS) is 13.1. The lowest BCUT2D eigenvalue weighted by Crippen LogP contribution is -2.96. The van der Waals surface area contributed by atoms with Gasteiger partial charge in [0.1, 0.15) is 0 Å². The number of quaternary nitrogens is 1. The smallest absolute Gasteiger partial charge is 0.291 e. The summed E-state index contributed by atoms with van der Waals surface area (Å²) in [4.78, 5) is 11.7. The van der Waals surface area contributed by atoms with E-state index in [1.165, 1.54) is 12.3 Å². The Morgan fingerprint density at radius 3 is 2.82 bits per heavy atom. The molecule has 3 N–H and O–H groups in total. The molecule has 1 aromatic heterocycles. The maximum atomic E-state index is 11.7. The molecule has 17 heavy (non-hydrogen) atoms. The monoisotopic (exact) mass is 297 g/mol. The molecule has 94 valence electrons. The third kappa shape index (κ3) is 4.60. The standard InChI is InChI=1S/C10H11Cl3N2O2/c1-2-5-14-9(10(11,12)13)15-8(16)7-4-3-6-17-7/h2-4,6,9,14H,1,5H2,(H,15,16)/p+1/t9-/m0/s1. The quantitative estimate of drug-likeness (QED) is 0.491.